The van der Waals surface area contributed by atoms with Crippen molar-refractivity contribution in [2.75, 3.05) is 6.61 Å². The summed E-state index contributed by atoms with van der Waals surface area (Å²) in [5.41, 5.74) is 0. The Balaban J connectivity index is 0. The van der Waals surface area contributed by atoms with Gasteiger partial charge in [-0.15, -0.1) is 0 Å². The van der Waals surface area contributed by atoms with Crippen molar-refractivity contribution >= 4 is 57.4 Å². The first-order valence-electron chi connectivity index (χ1n) is 6.90. The second-order valence-electron chi connectivity index (χ2n) is 4.52. The molecule has 0 saturated carbocycles. The Morgan fingerprint density at radius 2 is 1.24 bits per heavy atom. The van der Waals surface area contributed by atoms with Crippen molar-refractivity contribution in [2.24, 2.45) is 0 Å². The van der Waals surface area contributed by atoms with E-state index in [4.69, 9.17) is 4.74 Å². The van der Waals surface area contributed by atoms with Gasteiger partial charge in [0.05, 0.1) is 6.61 Å². The van der Waals surface area contributed by atoms with Crippen molar-refractivity contribution in [1.29, 1.82) is 0 Å². The van der Waals surface area contributed by atoms with E-state index in [0.717, 1.165) is 6.42 Å². The number of carbonyl (C=O) groups excluding carboxylic acids is 1. The molecule has 0 amide bonds. The van der Waals surface area contributed by atoms with Crippen LogP contribution in [0.1, 0.15) is 78.1 Å². The summed E-state index contributed by atoms with van der Waals surface area (Å²) in [7, 11) is 0. The van der Waals surface area contributed by atoms with Crippen LogP contribution in [-0.2, 0) is 9.53 Å². The predicted molar refractivity (Wildman–Crippen MR) is 75.6 cm³/mol. The van der Waals surface area contributed by atoms with Gasteiger partial charge in [-0.05, 0) is 6.42 Å². The summed E-state index contributed by atoms with van der Waals surface area (Å²) in [5, 5.41) is 0. The van der Waals surface area contributed by atoms with E-state index in [9.17, 15) is 4.79 Å². The van der Waals surface area contributed by atoms with Crippen LogP contribution in [0.4, 0.5) is 0 Å². The molecule has 0 aromatic heterocycles. The van der Waals surface area contributed by atoms with Crippen LogP contribution in [0.25, 0.3) is 0 Å². The topological polar surface area (TPSA) is 26.3 Å². The summed E-state index contributed by atoms with van der Waals surface area (Å²) in [5.74, 6) is -0.157. The van der Waals surface area contributed by atoms with E-state index in [2.05, 4.69) is 6.92 Å². The van der Waals surface area contributed by atoms with E-state index in [-0.39, 0.29) is 57.4 Å². The molecular weight excluding hydrogens is 239 g/mol. The zero-order valence-electron chi connectivity index (χ0n) is 11.1. The van der Waals surface area contributed by atoms with Gasteiger partial charge in [-0.2, -0.15) is 0 Å². The molecule has 0 heterocycles. The molecule has 0 saturated heterocycles. The number of rotatable bonds is 11. The van der Waals surface area contributed by atoms with Gasteiger partial charge >= 0.3 is 57.4 Å². The van der Waals surface area contributed by atoms with E-state index in [1.54, 1.807) is 0 Å². The van der Waals surface area contributed by atoms with Crippen molar-refractivity contribution < 1.29 is 9.53 Å². The molecule has 0 N–H and O–H groups in total. The number of esters is 1. The van der Waals surface area contributed by atoms with E-state index < -0.39 is 0 Å². The Bertz CT molecular complexity index is 160. The van der Waals surface area contributed by atoms with E-state index in [0.29, 0.717) is 6.61 Å². The Labute approximate surface area is 150 Å². The van der Waals surface area contributed by atoms with Gasteiger partial charge in [-0.3, -0.25) is 4.79 Å². The van der Waals surface area contributed by atoms with Gasteiger partial charge in [-0.25, -0.2) is 0 Å². The maximum absolute atomic E-state index is 10.5. The third-order valence-electron chi connectivity index (χ3n) is 2.80. The minimum absolute atomic E-state index is 0. The molecule has 0 rings (SSSR count). The molecule has 0 aromatic carbocycles. The van der Waals surface area contributed by atoms with Crippen LogP contribution in [0.15, 0.2) is 0 Å². The average molecular weight is 268 g/mol. The van der Waals surface area contributed by atoms with Crippen LogP contribution in [0, 0.1) is 0 Å². The maximum atomic E-state index is 10.5. The normalized spacial score (nSPS) is 9.76. The SMILES string of the molecule is CCCCCCCCCCCCOC(C)=O.[KH]. The van der Waals surface area contributed by atoms with E-state index >= 15 is 0 Å². The Hall–Kier alpha value is 1.11. The number of carbonyl (C=O) groups is 1. The van der Waals surface area contributed by atoms with Crippen molar-refractivity contribution in [1.82, 2.24) is 0 Å². The molecule has 0 aliphatic carbocycles. The van der Waals surface area contributed by atoms with Crippen LogP contribution in [0.3, 0.4) is 0 Å². The van der Waals surface area contributed by atoms with Crippen LogP contribution in [0.2, 0.25) is 0 Å². The molecule has 0 unspecified atom stereocenters. The fraction of sp³-hybridized carbons (Fsp3) is 0.929. The number of hydrogen-bond donors (Lipinski definition) is 0. The van der Waals surface area contributed by atoms with Gasteiger partial charge < -0.3 is 4.74 Å². The Morgan fingerprint density at radius 1 is 0.824 bits per heavy atom. The monoisotopic (exact) mass is 268 g/mol. The molecule has 2 nitrogen and oxygen atoms in total. The Morgan fingerprint density at radius 3 is 1.65 bits per heavy atom. The van der Waals surface area contributed by atoms with Gasteiger partial charge in [0.15, 0.2) is 0 Å². The molecule has 0 aromatic rings. The first-order chi connectivity index (χ1) is 7.77. The molecule has 0 spiro atoms. The van der Waals surface area contributed by atoms with Crippen molar-refractivity contribution in [3.05, 3.63) is 0 Å². The summed E-state index contributed by atoms with van der Waals surface area (Å²) in [4.78, 5) is 10.5. The summed E-state index contributed by atoms with van der Waals surface area (Å²) in [6, 6.07) is 0. The van der Waals surface area contributed by atoms with Gasteiger partial charge in [0.2, 0.25) is 0 Å². The van der Waals surface area contributed by atoms with Crippen molar-refractivity contribution in [2.45, 2.75) is 78.1 Å². The second-order valence-corrected chi connectivity index (χ2v) is 4.52. The first-order valence-corrected chi connectivity index (χ1v) is 6.90. The molecule has 0 radical (unpaired) electrons. The number of hydrogen-bond acceptors (Lipinski definition) is 2. The first kappa shape index (κ1) is 20.4. The van der Waals surface area contributed by atoms with Crippen LogP contribution < -0.4 is 0 Å². The van der Waals surface area contributed by atoms with Crippen LogP contribution >= 0.6 is 0 Å². The Kier molecular flexibility index (Phi) is 20.6. The minimum atomic E-state index is -0.157. The van der Waals surface area contributed by atoms with Crippen LogP contribution in [0.5, 0.6) is 0 Å². The van der Waals surface area contributed by atoms with Gasteiger partial charge in [0.25, 0.3) is 0 Å². The summed E-state index contributed by atoms with van der Waals surface area (Å²) in [6.07, 6.45) is 13.1. The number of ether oxygens (including phenoxy) is 1. The summed E-state index contributed by atoms with van der Waals surface area (Å²) >= 11 is 0. The third kappa shape index (κ3) is 19.6. The van der Waals surface area contributed by atoms with Gasteiger partial charge in [-0.1, -0.05) is 64.7 Å². The van der Waals surface area contributed by atoms with Crippen molar-refractivity contribution in [3.8, 4) is 0 Å². The molecule has 0 fully saturated rings. The predicted octanol–water partition coefficient (Wildman–Crippen LogP) is 3.82. The standard InChI is InChI=1S/C14H28O2.K.H/c1-3-4-5-6-7-8-9-10-11-12-13-16-14(2)15;;/h3-13H2,1-2H3;;. The third-order valence-corrected chi connectivity index (χ3v) is 2.80. The quantitative estimate of drug-likeness (QED) is 0.323. The average Bonchev–Trinajstić information content (AvgIpc) is 2.25. The fourth-order valence-corrected chi connectivity index (χ4v) is 1.81. The summed E-state index contributed by atoms with van der Waals surface area (Å²) < 4.78 is 4.87. The van der Waals surface area contributed by atoms with E-state index in [1.165, 1.54) is 64.7 Å². The summed E-state index contributed by atoms with van der Waals surface area (Å²) in [6.45, 7) is 4.32. The zero-order valence-corrected chi connectivity index (χ0v) is 11.1. The molecule has 0 bridgehead atoms. The molecule has 17 heavy (non-hydrogen) atoms. The van der Waals surface area contributed by atoms with Crippen molar-refractivity contribution in [3.63, 3.8) is 0 Å². The zero-order chi connectivity index (χ0) is 12.1. The van der Waals surface area contributed by atoms with Gasteiger partial charge in [0.1, 0.15) is 0 Å². The van der Waals surface area contributed by atoms with Gasteiger partial charge in [0, 0.05) is 6.92 Å². The molecule has 0 atom stereocenters. The fourth-order valence-electron chi connectivity index (χ4n) is 1.81. The molecule has 0 aliphatic heterocycles. The molecule has 98 valence electrons. The molecule has 0 aliphatic rings. The molecular formula is C14H29KO2. The van der Waals surface area contributed by atoms with E-state index in [1.807, 2.05) is 0 Å². The second kappa shape index (κ2) is 17.1. The molecule has 3 heteroatoms. The van der Waals surface area contributed by atoms with Crippen LogP contribution in [-0.4, -0.2) is 64.0 Å². The number of unbranched alkanes of at least 4 members (excludes halogenated alkanes) is 9.